The molecule has 3 saturated heterocycles. The van der Waals surface area contributed by atoms with Crippen LogP contribution in [0.3, 0.4) is 0 Å². The van der Waals surface area contributed by atoms with Crippen LogP contribution in [-0.2, 0) is 20.8 Å². The predicted molar refractivity (Wildman–Crippen MR) is 171 cm³/mol. The Labute approximate surface area is 270 Å². The monoisotopic (exact) mass is 644 g/mol. The molecule has 1 aliphatic carbocycles. The lowest BCUT2D eigenvalue weighted by Crippen LogP contribution is -2.57. The summed E-state index contributed by atoms with van der Waals surface area (Å²) in [6, 6.07) is 5.39. The first-order chi connectivity index (χ1) is 22.7. The fourth-order valence-corrected chi connectivity index (χ4v) is 6.83. The van der Waals surface area contributed by atoms with E-state index in [9.17, 15) is 19.1 Å². The third-order valence-corrected chi connectivity index (χ3v) is 9.55. The number of halogens is 1. The minimum absolute atomic E-state index is 0.00337. The van der Waals surface area contributed by atoms with Gasteiger partial charge in [0.05, 0.1) is 44.8 Å². The summed E-state index contributed by atoms with van der Waals surface area (Å²) in [6.45, 7) is 5.27. The number of amides is 3. The molecule has 1 saturated carbocycles. The van der Waals surface area contributed by atoms with Crippen molar-refractivity contribution in [2.24, 2.45) is 10.5 Å². The molecule has 4 heterocycles. The Hall–Kier alpha value is -4.87. The molecule has 0 unspecified atom stereocenters. The summed E-state index contributed by atoms with van der Waals surface area (Å²) in [7, 11) is 0. The molecule has 1 atom stereocenters. The van der Waals surface area contributed by atoms with Gasteiger partial charge in [-0.15, -0.1) is 11.5 Å². The number of urea groups is 1. The minimum Gasteiger partial charge on any atom is -0.508 e. The van der Waals surface area contributed by atoms with E-state index >= 15 is 0 Å². The SMILES string of the molecule is C#Cc1c(F)ccc2cc(O)cc(Cn3cnc(/C(=N\N4CCC[C@@]5(C4)NC(=O)NC5=O)OCC4(CN5CCOCC5)CC4)c3N)c12. The number of nitrogen functional groups attached to an aromatic ring is 1. The minimum atomic E-state index is -1.08. The molecular formula is C33H37FN8O5. The molecule has 3 aromatic rings. The maximum atomic E-state index is 14.7. The summed E-state index contributed by atoms with van der Waals surface area (Å²) in [5.41, 5.74) is 6.55. The van der Waals surface area contributed by atoms with Gasteiger partial charge >= 0.3 is 6.03 Å². The zero-order valence-electron chi connectivity index (χ0n) is 25.9. The van der Waals surface area contributed by atoms with E-state index in [-0.39, 0.29) is 47.4 Å². The standard InChI is InChI=1S/C33H37FN8O5/c1-2-24-25(34)5-4-21-14-23(43)15-22(26(21)24)16-41-20-36-27(28(41)35)29(47-19-32(7-8-32)17-40-10-12-46-13-11-40)39-42-9-3-6-33(18-42)30(44)37-31(45)38-33/h1,4-5,14-15,20,43H,3,6-13,16-19,35H2,(H2,37,38,44,45)/b39-29+/t33-/m0/s1. The van der Waals surface area contributed by atoms with Crippen LogP contribution in [0.25, 0.3) is 10.8 Å². The van der Waals surface area contributed by atoms with Gasteiger partial charge in [0.15, 0.2) is 5.69 Å². The Morgan fingerprint density at radius 1 is 1.21 bits per heavy atom. The number of phenols is 1. The molecule has 7 rings (SSSR count). The second kappa shape index (κ2) is 12.1. The molecule has 3 amide bonds. The molecule has 2 aromatic carbocycles. The Kier molecular flexibility index (Phi) is 7.89. The van der Waals surface area contributed by atoms with Gasteiger partial charge in [-0.25, -0.2) is 14.2 Å². The third-order valence-electron chi connectivity index (χ3n) is 9.55. The van der Waals surface area contributed by atoms with Gasteiger partial charge in [0.25, 0.3) is 11.8 Å². The topological polar surface area (TPSA) is 160 Å². The van der Waals surface area contributed by atoms with Crippen molar-refractivity contribution in [3.63, 3.8) is 0 Å². The number of phenolic OH excluding ortho intramolecular Hbond substituents is 1. The van der Waals surface area contributed by atoms with E-state index < -0.39 is 17.4 Å². The van der Waals surface area contributed by atoms with E-state index in [0.717, 1.165) is 32.5 Å². The molecule has 3 aliphatic heterocycles. The van der Waals surface area contributed by atoms with Gasteiger partial charge in [0.2, 0.25) is 0 Å². The first kappa shape index (κ1) is 30.8. The number of hydrazone groups is 1. The number of hydrogen-bond acceptors (Lipinski definition) is 10. The fourth-order valence-electron chi connectivity index (χ4n) is 6.83. The highest BCUT2D eigenvalue weighted by molar-refractivity contribution is 6.07. The van der Waals surface area contributed by atoms with Crippen molar-refractivity contribution in [3.8, 4) is 18.1 Å². The van der Waals surface area contributed by atoms with Crippen LogP contribution in [0, 0.1) is 23.6 Å². The van der Waals surface area contributed by atoms with E-state index in [1.54, 1.807) is 15.6 Å². The van der Waals surface area contributed by atoms with Crippen LogP contribution >= 0.6 is 0 Å². The first-order valence-corrected chi connectivity index (χ1v) is 15.8. The predicted octanol–water partition coefficient (Wildman–Crippen LogP) is 1.96. The maximum absolute atomic E-state index is 14.7. The van der Waals surface area contributed by atoms with Crippen LogP contribution in [0.4, 0.5) is 15.0 Å². The van der Waals surface area contributed by atoms with Gasteiger partial charge < -0.3 is 30.2 Å². The molecule has 14 heteroatoms. The van der Waals surface area contributed by atoms with Crippen LogP contribution < -0.4 is 16.4 Å². The Morgan fingerprint density at radius 3 is 2.74 bits per heavy atom. The second-order valence-electron chi connectivity index (χ2n) is 12.9. The lowest BCUT2D eigenvalue weighted by Gasteiger charge is -2.36. The summed E-state index contributed by atoms with van der Waals surface area (Å²) < 4.78 is 28.4. The number of morpholine rings is 1. The average Bonchev–Trinajstić information content (AvgIpc) is 3.64. The molecule has 4 fully saturated rings. The number of benzene rings is 2. The van der Waals surface area contributed by atoms with E-state index in [0.29, 0.717) is 61.2 Å². The molecule has 0 radical (unpaired) electrons. The van der Waals surface area contributed by atoms with E-state index in [4.69, 9.17) is 26.7 Å². The number of hydrogen-bond donors (Lipinski definition) is 4. The van der Waals surface area contributed by atoms with Gasteiger partial charge in [-0.2, -0.15) is 0 Å². The number of piperidine rings is 1. The van der Waals surface area contributed by atoms with Crippen LogP contribution in [0.15, 0.2) is 35.7 Å². The number of nitrogens with zero attached hydrogens (tertiary/aromatic N) is 5. The van der Waals surface area contributed by atoms with Gasteiger partial charge in [-0.3, -0.25) is 20.0 Å². The fraction of sp³-hybridized carbons (Fsp3) is 0.455. The number of ether oxygens (including phenoxy) is 2. The third kappa shape index (κ3) is 6.04. The van der Waals surface area contributed by atoms with Crippen molar-refractivity contribution in [1.29, 1.82) is 0 Å². The number of imide groups is 1. The average molecular weight is 645 g/mol. The number of nitrogens with two attached hydrogens (primary N) is 1. The first-order valence-electron chi connectivity index (χ1n) is 15.8. The molecule has 47 heavy (non-hydrogen) atoms. The zero-order valence-corrected chi connectivity index (χ0v) is 25.9. The Bertz CT molecular complexity index is 1810. The highest BCUT2D eigenvalue weighted by Gasteiger charge is 2.49. The molecule has 1 aromatic heterocycles. The molecule has 13 nitrogen and oxygen atoms in total. The summed E-state index contributed by atoms with van der Waals surface area (Å²) in [4.78, 5) is 31.7. The van der Waals surface area contributed by atoms with E-state index in [1.165, 1.54) is 24.5 Å². The molecule has 5 N–H and O–H groups in total. The van der Waals surface area contributed by atoms with E-state index in [1.807, 2.05) is 0 Å². The van der Waals surface area contributed by atoms with Crippen LogP contribution in [0.2, 0.25) is 0 Å². The molecular weight excluding hydrogens is 607 g/mol. The largest absolute Gasteiger partial charge is 0.508 e. The number of nitrogens with one attached hydrogen (secondary N) is 2. The number of carbonyl (C=O) groups is 2. The van der Waals surface area contributed by atoms with Crippen molar-refractivity contribution in [2.45, 2.75) is 37.8 Å². The second-order valence-corrected chi connectivity index (χ2v) is 12.9. The lowest BCUT2D eigenvalue weighted by atomic mass is 9.90. The zero-order chi connectivity index (χ0) is 32.8. The van der Waals surface area contributed by atoms with Crippen LogP contribution in [0.5, 0.6) is 5.75 Å². The van der Waals surface area contributed by atoms with Gasteiger partial charge in [-0.1, -0.05) is 12.0 Å². The number of anilines is 1. The Balaban J connectivity index is 1.20. The maximum Gasteiger partial charge on any atom is 0.322 e. The quantitative estimate of drug-likeness (QED) is 0.124. The molecule has 246 valence electrons. The Morgan fingerprint density at radius 2 is 2.02 bits per heavy atom. The summed E-state index contributed by atoms with van der Waals surface area (Å²) in [5, 5.41) is 23.2. The number of carbonyl (C=O) groups excluding carboxylic acids is 2. The number of rotatable bonds is 8. The number of aromatic hydroxyl groups is 1. The van der Waals surface area contributed by atoms with Gasteiger partial charge in [0, 0.05) is 37.0 Å². The van der Waals surface area contributed by atoms with Crippen molar-refractivity contribution < 1.29 is 28.6 Å². The summed E-state index contributed by atoms with van der Waals surface area (Å²) >= 11 is 0. The van der Waals surface area contributed by atoms with Crippen molar-refractivity contribution >= 4 is 34.4 Å². The number of aromatic nitrogens is 2. The van der Waals surface area contributed by atoms with Crippen molar-refractivity contribution in [3.05, 3.63) is 53.2 Å². The summed E-state index contributed by atoms with van der Waals surface area (Å²) in [5.74, 6) is 1.97. The van der Waals surface area contributed by atoms with Crippen molar-refractivity contribution in [1.82, 2.24) is 30.1 Å². The number of imidazole rings is 1. The molecule has 0 bridgehead atoms. The lowest BCUT2D eigenvalue weighted by molar-refractivity contribution is -0.126. The highest BCUT2D eigenvalue weighted by atomic mass is 19.1. The van der Waals surface area contributed by atoms with E-state index in [2.05, 4.69) is 26.4 Å². The normalized spacial score (nSPS) is 22.7. The van der Waals surface area contributed by atoms with Crippen LogP contribution in [0.1, 0.15) is 42.5 Å². The summed E-state index contributed by atoms with van der Waals surface area (Å²) in [6.07, 6.45) is 10.4. The van der Waals surface area contributed by atoms with Crippen LogP contribution in [-0.4, -0.2) is 100 Å². The number of terminal acetylenes is 1. The highest BCUT2D eigenvalue weighted by Crippen LogP contribution is 2.47. The smallest absolute Gasteiger partial charge is 0.322 e. The molecule has 4 aliphatic rings. The van der Waals surface area contributed by atoms with Gasteiger partial charge in [0.1, 0.15) is 22.9 Å². The van der Waals surface area contributed by atoms with Crippen molar-refractivity contribution in [2.75, 3.05) is 58.3 Å². The molecule has 1 spiro atoms. The number of fused-ring (bicyclic) bond motifs is 1. The van der Waals surface area contributed by atoms with Gasteiger partial charge in [-0.05, 0) is 54.8 Å².